The van der Waals surface area contributed by atoms with E-state index >= 15 is 0 Å². The quantitative estimate of drug-likeness (QED) is 0.576. The normalized spacial score (nSPS) is 9.89. The molecule has 0 bridgehead atoms. The van der Waals surface area contributed by atoms with Crippen LogP contribution in [-0.4, -0.2) is 9.72 Å². The van der Waals surface area contributed by atoms with E-state index in [-0.39, 0.29) is 0 Å². The molecule has 0 amide bonds. The first-order valence-corrected chi connectivity index (χ1v) is 7.37. The van der Waals surface area contributed by atoms with E-state index in [4.69, 9.17) is 10.00 Å². The minimum atomic E-state index is -1.13. The molecule has 2 aromatic rings. The van der Waals surface area contributed by atoms with Gasteiger partial charge in [0.2, 0.25) is 0 Å². The van der Waals surface area contributed by atoms with Crippen molar-refractivity contribution < 1.29 is 34.6 Å². The van der Waals surface area contributed by atoms with E-state index in [1.54, 1.807) is 42.5 Å². The Kier molecular flexibility index (Phi) is 4.49. The molecule has 0 heterocycles. The van der Waals surface area contributed by atoms with E-state index in [1.165, 1.54) is 0 Å². The first-order valence-electron chi connectivity index (χ1n) is 5.32. The maximum atomic E-state index is 10.9. The number of nitrogens with zero attached hydrogens (tertiary/aromatic N) is 1. The van der Waals surface area contributed by atoms with Gasteiger partial charge in [0.1, 0.15) is 0 Å². The van der Waals surface area contributed by atoms with Crippen molar-refractivity contribution in [3.63, 3.8) is 0 Å². The van der Waals surface area contributed by atoms with Crippen LogP contribution in [0.25, 0.3) is 0 Å². The van der Waals surface area contributed by atoms with Gasteiger partial charge < -0.3 is 0 Å². The number of aldehydes is 1. The Balaban J connectivity index is 2.28. The van der Waals surface area contributed by atoms with Gasteiger partial charge in [-0.15, -0.1) is 0 Å². The molecule has 0 saturated carbocycles. The van der Waals surface area contributed by atoms with Gasteiger partial charge in [-0.2, -0.15) is 0 Å². The number of rotatable bonds is 4. The maximum absolute atomic E-state index is 10.9. The molecule has 0 fully saturated rings. The molecule has 0 aliphatic carbocycles. The predicted octanol–water partition coefficient (Wildman–Crippen LogP) is -0.671. The number of hydrogen-bond donors (Lipinski definition) is 1. The van der Waals surface area contributed by atoms with Crippen LogP contribution in [-0.2, 0) is 0 Å². The van der Waals surface area contributed by atoms with Crippen LogP contribution in [0.1, 0.15) is 15.9 Å². The van der Waals surface area contributed by atoms with Gasteiger partial charge in [-0.05, 0) is 0 Å². The summed E-state index contributed by atoms with van der Waals surface area (Å²) in [6.45, 7) is 0. The van der Waals surface area contributed by atoms with Gasteiger partial charge in [-0.25, -0.2) is 0 Å². The summed E-state index contributed by atoms with van der Waals surface area (Å²) < 4.78 is 15.4. The molecule has 96 valence electrons. The molecule has 4 nitrogen and oxygen atoms in total. The summed E-state index contributed by atoms with van der Waals surface area (Å²) in [5.74, 6) is 1.03. The number of hydrogen-bond acceptors (Lipinski definition) is 4. The van der Waals surface area contributed by atoms with Gasteiger partial charge in [-0.1, -0.05) is 0 Å². The van der Waals surface area contributed by atoms with Gasteiger partial charge in [0.25, 0.3) is 0 Å². The average molecular weight is 366 g/mol. The third kappa shape index (κ3) is 3.30. The van der Waals surface area contributed by atoms with Crippen LogP contribution < -0.4 is 26.4 Å². The summed E-state index contributed by atoms with van der Waals surface area (Å²) in [4.78, 5) is 10.9. The Morgan fingerprint density at radius 3 is 2.68 bits per heavy atom. The number of halogens is 1. The Labute approximate surface area is 121 Å². The fraction of sp³-hybridized carbons (Fsp3) is 0. The standard InChI is InChI=1S/C14H9INO3/c16-8-10-2-1-3-12(6-10)19-13-4-5-14(15-18)11(7-13)9-17/h1-7,9,18H/q-1. The van der Waals surface area contributed by atoms with Crippen LogP contribution in [0.5, 0.6) is 11.5 Å². The second-order valence-corrected chi connectivity index (χ2v) is 5.27. The Bertz CT molecular complexity index is 649. The van der Waals surface area contributed by atoms with Crippen LogP contribution in [0.4, 0.5) is 0 Å². The van der Waals surface area contributed by atoms with Gasteiger partial charge in [0.05, 0.1) is 0 Å². The topological polar surface area (TPSA) is 70.3 Å². The molecule has 0 spiro atoms. The van der Waals surface area contributed by atoms with Crippen molar-refractivity contribution in [1.29, 1.82) is 5.26 Å². The molecule has 0 atom stereocenters. The second-order valence-electron chi connectivity index (χ2n) is 3.63. The molecule has 5 heteroatoms. The van der Waals surface area contributed by atoms with E-state index in [9.17, 15) is 8.23 Å². The van der Waals surface area contributed by atoms with E-state index in [2.05, 4.69) is 0 Å². The summed E-state index contributed by atoms with van der Waals surface area (Å²) in [6.07, 6.45) is 0.698. The predicted molar refractivity (Wildman–Crippen MR) is 64.0 cm³/mol. The van der Waals surface area contributed by atoms with Gasteiger partial charge >= 0.3 is 121 Å². The summed E-state index contributed by atoms with van der Waals surface area (Å²) >= 11 is -1.13. The number of ether oxygens (including phenoxy) is 1. The zero-order valence-electron chi connectivity index (χ0n) is 9.71. The Hall–Kier alpha value is -1.91. The molecular weight excluding hydrogens is 357 g/mol. The second kappa shape index (κ2) is 6.31. The van der Waals surface area contributed by atoms with Gasteiger partial charge in [0, 0.05) is 0 Å². The third-order valence-electron chi connectivity index (χ3n) is 2.38. The zero-order chi connectivity index (χ0) is 13.7. The number of carbonyl (C=O) groups excluding carboxylic acids is 1. The van der Waals surface area contributed by atoms with Crippen molar-refractivity contribution in [2.75, 3.05) is 0 Å². The van der Waals surface area contributed by atoms with E-state index in [1.807, 2.05) is 6.07 Å². The molecule has 19 heavy (non-hydrogen) atoms. The number of benzene rings is 2. The van der Waals surface area contributed by atoms with Crippen LogP contribution >= 0.6 is 0 Å². The molecule has 0 unspecified atom stereocenters. The molecule has 0 saturated heterocycles. The average Bonchev–Trinajstić information content (AvgIpc) is 2.47. The number of carbonyl (C=O) groups is 1. The minimum absolute atomic E-state index is 0.434. The van der Waals surface area contributed by atoms with Crippen LogP contribution in [0, 0.1) is 14.9 Å². The molecule has 0 aliphatic heterocycles. The fourth-order valence-corrected chi connectivity index (χ4v) is 2.42. The Morgan fingerprint density at radius 2 is 2.00 bits per heavy atom. The van der Waals surface area contributed by atoms with E-state index in [0.29, 0.717) is 32.5 Å². The summed E-state index contributed by atoms with van der Waals surface area (Å²) in [7, 11) is 0. The first kappa shape index (κ1) is 13.5. The summed E-state index contributed by atoms with van der Waals surface area (Å²) in [6, 6.07) is 13.7. The monoisotopic (exact) mass is 366 g/mol. The van der Waals surface area contributed by atoms with Crippen molar-refractivity contribution in [3.05, 3.63) is 57.2 Å². The van der Waals surface area contributed by atoms with Gasteiger partial charge in [0.15, 0.2) is 0 Å². The molecule has 2 rings (SSSR count). The van der Waals surface area contributed by atoms with Crippen LogP contribution in [0.2, 0.25) is 0 Å². The molecule has 2 aromatic carbocycles. The molecular formula is C14H9INO3-. The van der Waals surface area contributed by atoms with Crippen molar-refractivity contribution in [3.8, 4) is 17.6 Å². The number of nitriles is 1. The molecule has 0 aliphatic rings. The summed E-state index contributed by atoms with van der Waals surface area (Å²) in [5, 5.41) is 8.80. The SMILES string of the molecule is N#Cc1cccc(Oc2ccc([I-]O)c(C=O)c2)c1. The van der Waals surface area contributed by atoms with Crippen LogP contribution in [0.15, 0.2) is 42.5 Å². The fourth-order valence-electron chi connectivity index (χ4n) is 1.52. The first-order chi connectivity index (χ1) is 9.26. The van der Waals surface area contributed by atoms with Crippen molar-refractivity contribution in [1.82, 2.24) is 0 Å². The molecule has 1 N–H and O–H groups in total. The van der Waals surface area contributed by atoms with E-state index < -0.39 is 21.6 Å². The molecule has 0 aromatic heterocycles. The third-order valence-corrected chi connectivity index (χ3v) is 3.89. The zero-order valence-corrected chi connectivity index (χ0v) is 11.9. The van der Waals surface area contributed by atoms with E-state index in [0.717, 1.165) is 0 Å². The summed E-state index contributed by atoms with van der Waals surface area (Å²) in [5.41, 5.74) is 0.940. The van der Waals surface area contributed by atoms with Crippen molar-refractivity contribution >= 4 is 6.29 Å². The van der Waals surface area contributed by atoms with Gasteiger partial charge in [-0.3, -0.25) is 0 Å². The molecule has 0 radical (unpaired) electrons. The Morgan fingerprint density at radius 1 is 1.21 bits per heavy atom. The van der Waals surface area contributed by atoms with Crippen molar-refractivity contribution in [2.45, 2.75) is 0 Å². The van der Waals surface area contributed by atoms with Crippen molar-refractivity contribution in [2.24, 2.45) is 0 Å². The van der Waals surface area contributed by atoms with Crippen LogP contribution in [0.3, 0.4) is 0 Å².